The molecule has 0 amide bonds. The van der Waals surface area contributed by atoms with E-state index < -0.39 is 0 Å². The van der Waals surface area contributed by atoms with Gasteiger partial charge in [0.25, 0.3) is 0 Å². The summed E-state index contributed by atoms with van der Waals surface area (Å²) in [6.07, 6.45) is 1.73. The lowest BCUT2D eigenvalue weighted by Gasteiger charge is -2.18. The van der Waals surface area contributed by atoms with Gasteiger partial charge in [-0.15, -0.1) is 0 Å². The van der Waals surface area contributed by atoms with Crippen molar-refractivity contribution in [2.45, 2.75) is 0 Å². The van der Waals surface area contributed by atoms with Crippen molar-refractivity contribution in [3.8, 4) is 27.9 Å². The molecule has 0 N–H and O–H groups in total. The molecule has 3 heteroatoms. The average Bonchev–Trinajstić information content (AvgIpc) is 3.86. The maximum Gasteiger partial charge on any atom is 0.143 e. The Balaban J connectivity index is 1.21. The van der Waals surface area contributed by atoms with Gasteiger partial charge in [0.05, 0.1) is 17.3 Å². The second-order valence-electron chi connectivity index (χ2n) is 12.9. The summed E-state index contributed by atoms with van der Waals surface area (Å²) < 4.78 is 14.8. The Morgan fingerprint density at radius 3 is 1.84 bits per heavy atom. The topological polar surface area (TPSA) is 31.2 Å². The highest BCUT2D eigenvalue weighted by molar-refractivity contribution is 6.25. The smallest absolute Gasteiger partial charge is 0.143 e. The third-order valence-electron chi connectivity index (χ3n) is 10.2. The number of aromatic nitrogens is 1. The first kappa shape index (κ1) is 26.5. The number of nitrogens with zero attached hydrogens (tertiary/aromatic N) is 1. The van der Waals surface area contributed by atoms with Crippen molar-refractivity contribution in [1.82, 2.24) is 4.57 Å². The highest BCUT2D eigenvalue weighted by atomic mass is 16.3. The fourth-order valence-electron chi connectivity index (χ4n) is 8.16. The van der Waals surface area contributed by atoms with Gasteiger partial charge in [-0.25, -0.2) is 0 Å². The van der Waals surface area contributed by atoms with Gasteiger partial charge in [0.1, 0.15) is 16.7 Å². The van der Waals surface area contributed by atoms with Gasteiger partial charge in [-0.2, -0.15) is 0 Å². The Kier molecular flexibility index (Phi) is 5.38. The molecule has 11 rings (SSSR count). The molecule has 11 aromatic rings. The summed E-state index contributed by atoms with van der Waals surface area (Å²) in [7, 11) is 0. The number of rotatable bonds is 3. The van der Waals surface area contributed by atoms with Crippen molar-refractivity contribution < 1.29 is 8.83 Å². The normalized spacial score (nSPS) is 12.1. The molecule has 0 aliphatic heterocycles. The Morgan fingerprint density at radius 2 is 1.06 bits per heavy atom. The lowest BCUT2D eigenvalue weighted by Crippen LogP contribution is -1.93. The summed E-state index contributed by atoms with van der Waals surface area (Å²) in [4.78, 5) is 0. The van der Waals surface area contributed by atoms with Gasteiger partial charge in [0.2, 0.25) is 0 Å². The van der Waals surface area contributed by atoms with Crippen molar-refractivity contribution >= 4 is 76.3 Å². The molecule has 0 spiro atoms. The van der Waals surface area contributed by atoms with Gasteiger partial charge >= 0.3 is 0 Å². The fourth-order valence-corrected chi connectivity index (χ4v) is 8.16. The van der Waals surface area contributed by atoms with Gasteiger partial charge in [-0.1, -0.05) is 109 Å². The number of fused-ring (bicyclic) bond motifs is 9. The predicted molar refractivity (Wildman–Crippen MR) is 204 cm³/mol. The van der Waals surface area contributed by atoms with Crippen LogP contribution in [0, 0.1) is 0 Å². The summed E-state index contributed by atoms with van der Waals surface area (Å²) in [6.45, 7) is 0. The van der Waals surface area contributed by atoms with Crippen LogP contribution in [0.25, 0.3) is 104 Å². The van der Waals surface area contributed by atoms with Crippen LogP contribution in [0.15, 0.2) is 173 Å². The Hall–Kier alpha value is -6.58. The van der Waals surface area contributed by atoms with E-state index in [4.69, 9.17) is 8.83 Å². The molecule has 3 heterocycles. The standard InChI is InChI=1S/C46H27NO2/c1-2-11-30(12-3-1)47-40-20-9-8-13-31(40)38-25-29(21-22-41(38)47)44-32-14-4-6-16-34(32)45(35-17-7-5-15-33(35)44)37-19-10-18-36-39-27-42-28(23-24-48-42)26-43(39)49-46(36)37/h1-27H. The molecule has 0 bridgehead atoms. The van der Waals surface area contributed by atoms with E-state index >= 15 is 0 Å². The first-order valence-corrected chi connectivity index (χ1v) is 16.7. The molecule has 228 valence electrons. The van der Waals surface area contributed by atoms with Crippen LogP contribution in [0.3, 0.4) is 0 Å². The monoisotopic (exact) mass is 625 g/mol. The lowest BCUT2D eigenvalue weighted by atomic mass is 9.85. The summed E-state index contributed by atoms with van der Waals surface area (Å²) in [6, 6.07) is 56.7. The minimum absolute atomic E-state index is 0.865. The van der Waals surface area contributed by atoms with Crippen molar-refractivity contribution in [1.29, 1.82) is 0 Å². The van der Waals surface area contributed by atoms with E-state index in [2.05, 4.69) is 156 Å². The average molecular weight is 626 g/mol. The number of furan rings is 2. The molecular weight excluding hydrogens is 599 g/mol. The minimum Gasteiger partial charge on any atom is -0.464 e. The van der Waals surface area contributed by atoms with Crippen molar-refractivity contribution in [2.75, 3.05) is 0 Å². The zero-order chi connectivity index (χ0) is 32.1. The first-order chi connectivity index (χ1) is 24.3. The molecule has 0 saturated carbocycles. The zero-order valence-corrected chi connectivity index (χ0v) is 26.4. The number of hydrogen-bond donors (Lipinski definition) is 0. The second-order valence-corrected chi connectivity index (χ2v) is 12.9. The van der Waals surface area contributed by atoms with Gasteiger partial charge < -0.3 is 13.4 Å². The van der Waals surface area contributed by atoms with Crippen LogP contribution >= 0.6 is 0 Å². The largest absolute Gasteiger partial charge is 0.464 e. The van der Waals surface area contributed by atoms with E-state index in [0.29, 0.717) is 0 Å². The van der Waals surface area contributed by atoms with E-state index in [1.54, 1.807) is 6.26 Å². The number of para-hydroxylation sites is 3. The van der Waals surface area contributed by atoms with Crippen LogP contribution in [0.1, 0.15) is 0 Å². The molecule has 3 aromatic heterocycles. The van der Waals surface area contributed by atoms with Gasteiger partial charge in [-0.3, -0.25) is 0 Å². The van der Waals surface area contributed by atoms with Crippen LogP contribution in [-0.2, 0) is 0 Å². The predicted octanol–water partition coefficient (Wildman–Crippen LogP) is 13.1. The molecule has 0 aliphatic carbocycles. The second kappa shape index (κ2) is 9.96. The molecule has 8 aromatic carbocycles. The summed E-state index contributed by atoms with van der Waals surface area (Å²) in [5.41, 5.74) is 10.9. The van der Waals surface area contributed by atoms with E-state index in [-0.39, 0.29) is 0 Å². The van der Waals surface area contributed by atoms with Crippen LogP contribution in [0.2, 0.25) is 0 Å². The van der Waals surface area contributed by atoms with Crippen LogP contribution in [-0.4, -0.2) is 4.57 Å². The van der Waals surface area contributed by atoms with Crippen LogP contribution in [0.5, 0.6) is 0 Å². The molecular formula is C46H27NO2. The van der Waals surface area contributed by atoms with Gasteiger partial charge in [0.15, 0.2) is 0 Å². The van der Waals surface area contributed by atoms with Crippen molar-refractivity contribution in [3.63, 3.8) is 0 Å². The number of benzene rings is 8. The molecule has 0 unspecified atom stereocenters. The molecule has 0 fully saturated rings. The molecule has 3 nitrogen and oxygen atoms in total. The first-order valence-electron chi connectivity index (χ1n) is 16.7. The van der Waals surface area contributed by atoms with E-state index in [0.717, 1.165) is 44.2 Å². The minimum atomic E-state index is 0.865. The third-order valence-corrected chi connectivity index (χ3v) is 10.2. The van der Waals surface area contributed by atoms with E-state index in [9.17, 15) is 0 Å². The molecule has 0 atom stereocenters. The summed E-state index contributed by atoms with van der Waals surface area (Å²) in [5, 5.41) is 10.5. The zero-order valence-electron chi connectivity index (χ0n) is 26.4. The number of hydrogen-bond acceptors (Lipinski definition) is 2. The van der Waals surface area contributed by atoms with Gasteiger partial charge in [-0.05, 0) is 81.2 Å². The van der Waals surface area contributed by atoms with Crippen LogP contribution in [0.4, 0.5) is 0 Å². The van der Waals surface area contributed by atoms with E-state index in [1.165, 1.54) is 60.0 Å². The summed E-state index contributed by atoms with van der Waals surface area (Å²) >= 11 is 0. The highest BCUT2D eigenvalue weighted by Crippen LogP contribution is 2.47. The molecule has 0 saturated heterocycles. The Bertz CT molecular complexity index is 3050. The highest BCUT2D eigenvalue weighted by Gasteiger charge is 2.21. The quantitative estimate of drug-likeness (QED) is 0.183. The summed E-state index contributed by atoms with van der Waals surface area (Å²) in [5.74, 6) is 0. The maximum absolute atomic E-state index is 6.71. The molecule has 0 aliphatic rings. The van der Waals surface area contributed by atoms with Gasteiger partial charge in [0, 0.05) is 43.7 Å². The Morgan fingerprint density at radius 1 is 0.408 bits per heavy atom. The lowest BCUT2D eigenvalue weighted by molar-refractivity contribution is 0.616. The van der Waals surface area contributed by atoms with Crippen LogP contribution < -0.4 is 0 Å². The third kappa shape index (κ3) is 3.73. The SMILES string of the molecule is c1ccc(-n2c3ccccc3c3cc(-c4c5ccccc5c(-c5cccc6c5oc5cc7ccoc7cc56)c5ccccc45)ccc32)cc1. The Labute approximate surface area is 280 Å². The molecule has 0 radical (unpaired) electrons. The fraction of sp³-hybridized carbons (Fsp3) is 0. The van der Waals surface area contributed by atoms with Crippen molar-refractivity contribution in [3.05, 3.63) is 164 Å². The maximum atomic E-state index is 6.71. The van der Waals surface area contributed by atoms with Crippen molar-refractivity contribution in [2.24, 2.45) is 0 Å². The molecule has 49 heavy (non-hydrogen) atoms. The van der Waals surface area contributed by atoms with E-state index in [1.807, 2.05) is 6.07 Å².